The topological polar surface area (TPSA) is 20.2 Å². The van der Waals surface area contributed by atoms with Crippen LogP contribution in [-0.4, -0.2) is 13.0 Å². The molecule has 0 unspecified atom stereocenters. The second kappa shape index (κ2) is 4.73. The summed E-state index contributed by atoms with van der Waals surface area (Å²) in [5.74, 6) is 0. The van der Waals surface area contributed by atoms with Gasteiger partial charge in [0.05, 0.1) is 5.60 Å². The summed E-state index contributed by atoms with van der Waals surface area (Å²) >= 11 is 0. The molecule has 2 radical (unpaired) electrons. The molecule has 0 bridgehead atoms. The SMILES string of the molecule is [B]c1ccc(C2(O)CCCCC2)cc1C(C)(C)C. The third-order valence-corrected chi connectivity index (χ3v) is 4.08. The first-order chi connectivity index (χ1) is 8.33. The quantitative estimate of drug-likeness (QED) is 0.751. The van der Waals surface area contributed by atoms with Gasteiger partial charge in [-0.1, -0.05) is 63.7 Å². The average Bonchev–Trinajstić information content (AvgIpc) is 2.28. The molecule has 0 atom stereocenters. The van der Waals surface area contributed by atoms with Crippen LogP contribution in [-0.2, 0) is 11.0 Å². The molecule has 0 heterocycles. The summed E-state index contributed by atoms with van der Waals surface area (Å²) in [5, 5.41) is 10.8. The van der Waals surface area contributed by atoms with Crippen molar-refractivity contribution in [1.29, 1.82) is 0 Å². The van der Waals surface area contributed by atoms with Gasteiger partial charge < -0.3 is 5.11 Å². The molecule has 1 fully saturated rings. The molecule has 1 nitrogen and oxygen atoms in total. The van der Waals surface area contributed by atoms with Gasteiger partial charge in [0.25, 0.3) is 0 Å². The summed E-state index contributed by atoms with van der Waals surface area (Å²) in [5.41, 5.74) is 2.39. The van der Waals surface area contributed by atoms with Gasteiger partial charge in [0.1, 0.15) is 7.85 Å². The lowest BCUT2D eigenvalue weighted by atomic mass is 9.73. The van der Waals surface area contributed by atoms with E-state index in [9.17, 15) is 5.11 Å². The predicted molar refractivity (Wildman–Crippen MR) is 77.5 cm³/mol. The summed E-state index contributed by atoms with van der Waals surface area (Å²) < 4.78 is 0. The second-order valence-corrected chi connectivity index (χ2v) is 6.64. The molecule has 0 aromatic heterocycles. The lowest BCUT2D eigenvalue weighted by molar-refractivity contribution is -0.000708. The Labute approximate surface area is 112 Å². The minimum absolute atomic E-state index is 0.0190. The van der Waals surface area contributed by atoms with Crippen LogP contribution in [0, 0.1) is 0 Å². The maximum Gasteiger partial charge on any atom is 0.114 e. The maximum absolute atomic E-state index is 10.8. The molecule has 1 aliphatic rings. The number of benzene rings is 1. The average molecular weight is 242 g/mol. The van der Waals surface area contributed by atoms with Crippen molar-refractivity contribution in [2.75, 3.05) is 0 Å². The van der Waals surface area contributed by atoms with Gasteiger partial charge in [-0.3, -0.25) is 0 Å². The molecule has 0 amide bonds. The summed E-state index contributed by atoms with van der Waals surface area (Å²) in [7, 11) is 6.07. The fourth-order valence-electron chi connectivity index (χ4n) is 2.92. The van der Waals surface area contributed by atoms with Crippen LogP contribution >= 0.6 is 0 Å². The molecule has 2 heteroatoms. The first kappa shape index (κ1) is 13.7. The Morgan fingerprint density at radius 1 is 1.11 bits per heavy atom. The number of aliphatic hydroxyl groups is 1. The van der Waals surface area contributed by atoms with Crippen LogP contribution in [0.4, 0.5) is 0 Å². The predicted octanol–water partition coefficient (Wildman–Crippen LogP) is 2.93. The van der Waals surface area contributed by atoms with E-state index in [0.29, 0.717) is 0 Å². The summed E-state index contributed by atoms with van der Waals surface area (Å²) in [6.45, 7) is 6.48. The molecule has 0 saturated heterocycles. The zero-order valence-electron chi connectivity index (χ0n) is 11.8. The molecule has 1 aliphatic carbocycles. The highest BCUT2D eigenvalue weighted by Gasteiger charge is 2.32. The Morgan fingerprint density at radius 2 is 1.72 bits per heavy atom. The van der Waals surface area contributed by atoms with Gasteiger partial charge >= 0.3 is 0 Å². The summed E-state index contributed by atoms with van der Waals surface area (Å²) in [6.07, 6.45) is 5.22. The van der Waals surface area contributed by atoms with Gasteiger partial charge in [0.2, 0.25) is 0 Å². The van der Waals surface area contributed by atoms with Crippen molar-refractivity contribution in [2.45, 2.75) is 63.9 Å². The van der Waals surface area contributed by atoms with Crippen LogP contribution in [0.2, 0.25) is 0 Å². The van der Waals surface area contributed by atoms with Crippen molar-refractivity contribution in [1.82, 2.24) is 0 Å². The molecule has 1 aromatic rings. The first-order valence-electron chi connectivity index (χ1n) is 6.96. The van der Waals surface area contributed by atoms with Crippen LogP contribution in [0.3, 0.4) is 0 Å². The van der Waals surface area contributed by atoms with Gasteiger partial charge in [-0.15, -0.1) is 0 Å². The van der Waals surface area contributed by atoms with E-state index in [0.717, 1.165) is 42.3 Å². The van der Waals surface area contributed by atoms with Crippen molar-refractivity contribution in [2.24, 2.45) is 0 Å². The lowest BCUT2D eigenvalue weighted by Gasteiger charge is -2.34. The zero-order valence-corrected chi connectivity index (χ0v) is 11.8. The van der Waals surface area contributed by atoms with Gasteiger partial charge in [-0.05, 0) is 29.4 Å². The Morgan fingerprint density at radius 3 is 2.28 bits per heavy atom. The zero-order chi connectivity index (χ0) is 13.4. The summed E-state index contributed by atoms with van der Waals surface area (Å²) in [4.78, 5) is 0. The molecule has 18 heavy (non-hydrogen) atoms. The van der Waals surface area contributed by atoms with E-state index < -0.39 is 5.60 Å². The largest absolute Gasteiger partial charge is 0.385 e. The lowest BCUT2D eigenvalue weighted by Crippen LogP contribution is -2.31. The van der Waals surface area contributed by atoms with E-state index in [4.69, 9.17) is 7.85 Å². The van der Waals surface area contributed by atoms with Crippen LogP contribution in [0.15, 0.2) is 18.2 Å². The monoisotopic (exact) mass is 242 g/mol. The minimum atomic E-state index is -0.633. The number of hydrogen-bond acceptors (Lipinski definition) is 1. The fourth-order valence-corrected chi connectivity index (χ4v) is 2.92. The smallest absolute Gasteiger partial charge is 0.114 e. The standard InChI is InChI=1S/C16H23BO/c1-15(2,3)13-11-12(7-8-14(13)17)16(18)9-5-4-6-10-16/h7-8,11,18H,4-6,9-10H2,1-3H3. The third-order valence-electron chi connectivity index (χ3n) is 4.08. The maximum atomic E-state index is 10.8. The third kappa shape index (κ3) is 2.64. The highest BCUT2D eigenvalue weighted by atomic mass is 16.3. The van der Waals surface area contributed by atoms with Crippen LogP contribution < -0.4 is 5.46 Å². The Hall–Kier alpha value is -0.755. The van der Waals surface area contributed by atoms with Crippen molar-refractivity contribution >= 4 is 13.3 Å². The normalized spacial score (nSPS) is 19.8. The van der Waals surface area contributed by atoms with Gasteiger partial charge in [-0.25, -0.2) is 0 Å². The van der Waals surface area contributed by atoms with E-state index in [2.05, 4.69) is 26.8 Å². The highest BCUT2D eigenvalue weighted by molar-refractivity contribution is 6.33. The van der Waals surface area contributed by atoms with E-state index in [1.807, 2.05) is 12.1 Å². The number of rotatable bonds is 1. The fraction of sp³-hybridized carbons (Fsp3) is 0.625. The molecular weight excluding hydrogens is 219 g/mol. The molecule has 1 aromatic carbocycles. The van der Waals surface area contributed by atoms with Crippen molar-refractivity contribution in [3.05, 3.63) is 29.3 Å². The Balaban J connectivity index is 2.40. The molecule has 1 N–H and O–H groups in total. The van der Waals surface area contributed by atoms with Crippen LogP contribution in [0.5, 0.6) is 0 Å². The van der Waals surface area contributed by atoms with E-state index in [-0.39, 0.29) is 5.41 Å². The van der Waals surface area contributed by atoms with Crippen molar-refractivity contribution in [3.63, 3.8) is 0 Å². The minimum Gasteiger partial charge on any atom is -0.385 e. The molecule has 1 saturated carbocycles. The molecule has 2 rings (SSSR count). The molecule has 0 aliphatic heterocycles. The molecule has 0 spiro atoms. The van der Waals surface area contributed by atoms with Gasteiger partial charge in [-0.2, -0.15) is 0 Å². The van der Waals surface area contributed by atoms with Crippen LogP contribution in [0.25, 0.3) is 0 Å². The van der Waals surface area contributed by atoms with Crippen molar-refractivity contribution < 1.29 is 5.11 Å². The number of hydrogen-bond donors (Lipinski definition) is 1. The highest BCUT2D eigenvalue weighted by Crippen LogP contribution is 2.37. The van der Waals surface area contributed by atoms with Crippen LogP contribution in [0.1, 0.15) is 64.0 Å². The van der Waals surface area contributed by atoms with Gasteiger partial charge in [0, 0.05) is 0 Å². The van der Waals surface area contributed by atoms with E-state index in [1.54, 1.807) is 0 Å². The van der Waals surface area contributed by atoms with Gasteiger partial charge in [0.15, 0.2) is 0 Å². The molecular formula is C16H23BO. The molecule has 96 valence electrons. The second-order valence-electron chi connectivity index (χ2n) is 6.64. The van der Waals surface area contributed by atoms with E-state index in [1.165, 1.54) is 6.42 Å². The first-order valence-corrected chi connectivity index (χ1v) is 6.96. The van der Waals surface area contributed by atoms with E-state index >= 15 is 0 Å². The Bertz CT molecular complexity index is 425. The summed E-state index contributed by atoms with van der Waals surface area (Å²) in [6, 6.07) is 6.05. The Kier molecular flexibility index (Phi) is 3.59. The van der Waals surface area contributed by atoms with Crippen molar-refractivity contribution in [3.8, 4) is 0 Å².